The first-order chi connectivity index (χ1) is 37.5. The summed E-state index contributed by atoms with van der Waals surface area (Å²) in [5, 5.41) is 50.5. The Bertz CT molecular complexity index is 1280. The maximum absolute atomic E-state index is 12.9. The number of unbranched alkanes of at least 4 members (excludes halogenated alkanes) is 48. The van der Waals surface area contributed by atoms with Crippen LogP contribution < -0.4 is 0 Å². The zero-order valence-corrected chi connectivity index (χ0v) is 51.2. The van der Waals surface area contributed by atoms with E-state index in [0.717, 1.165) is 38.5 Å². The van der Waals surface area contributed by atoms with Gasteiger partial charge in [-0.15, -0.1) is 0 Å². The topological polar surface area (TPSA) is 192 Å². The van der Waals surface area contributed by atoms with E-state index in [1.165, 1.54) is 276 Å². The van der Waals surface area contributed by atoms with Crippen LogP contribution in [0.4, 0.5) is 0 Å². The number of carbonyl (C=O) groups is 1. The first kappa shape index (κ1) is 74.4. The highest BCUT2D eigenvalue weighted by molar-refractivity contribution is 7.47. The Hall–Kier alpha value is -0.660. The summed E-state index contributed by atoms with van der Waals surface area (Å²) in [4.78, 5) is 23.4. The maximum Gasteiger partial charge on any atom is 0.472 e. The summed E-state index contributed by atoms with van der Waals surface area (Å²) >= 11 is 0. The number of esters is 1. The van der Waals surface area contributed by atoms with Crippen molar-refractivity contribution in [3.63, 3.8) is 0 Å². The van der Waals surface area contributed by atoms with Gasteiger partial charge in [-0.3, -0.25) is 13.8 Å². The van der Waals surface area contributed by atoms with Crippen molar-refractivity contribution >= 4 is 13.8 Å². The molecule has 0 amide bonds. The van der Waals surface area contributed by atoms with Crippen LogP contribution in [0.15, 0.2) is 0 Å². The van der Waals surface area contributed by atoms with Crippen molar-refractivity contribution in [2.45, 2.75) is 384 Å². The molecule has 1 rings (SSSR count). The molecule has 1 saturated carbocycles. The third-order valence-corrected chi connectivity index (χ3v) is 17.2. The van der Waals surface area contributed by atoms with Crippen molar-refractivity contribution in [1.82, 2.24) is 0 Å². The smallest absolute Gasteiger partial charge is 0.457 e. The van der Waals surface area contributed by atoms with Gasteiger partial charge in [0.05, 0.1) is 13.2 Å². The monoisotopic (exact) mass is 1120 g/mol. The molecule has 1 fully saturated rings. The van der Waals surface area contributed by atoms with Crippen LogP contribution in [0.5, 0.6) is 0 Å². The molecule has 1 aliphatic carbocycles. The van der Waals surface area contributed by atoms with Crippen LogP contribution in [-0.4, -0.2) is 98.9 Å². The van der Waals surface area contributed by atoms with Gasteiger partial charge in [0.25, 0.3) is 0 Å². The van der Waals surface area contributed by atoms with Gasteiger partial charge in [-0.25, -0.2) is 4.57 Å². The largest absolute Gasteiger partial charge is 0.472 e. The number of hydrogen-bond donors (Lipinski definition) is 6. The Labute approximate surface area is 474 Å². The van der Waals surface area contributed by atoms with Gasteiger partial charge in [0.1, 0.15) is 42.7 Å². The van der Waals surface area contributed by atoms with Crippen LogP contribution in [0.3, 0.4) is 0 Å². The number of rotatable bonds is 60. The van der Waals surface area contributed by atoms with Gasteiger partial charge in [0, 0.05) is 13.0 Å². The van der Waals surface area contributed by atoms with Crippen LogP contribution >= 0.6 is 7.82 Å². The molecule has 77 heavy (non-hydrogen) atoms. The summed E-state index contributed by atoms with van der Waals surface area (Å²) in [6.07, 6.45) is 53.7. The number of aliphatic hydroxyl groups excluding tert-OH is 5. The van der Waals surface area contributed by atoms with Crippen molar-refractivity contribution in [3.05, 3.63) is 0 Å². The molecular weight excluding hydrogens is 992 g/mol. The molecule has 13 heteroatoms. The van der Waals surface area contributed by atoms with Crippen LogP contribution in [0.25, 0.3) is 0 Å². The SMILES string of the molecule is CCCCCCCCCCCCCCCCCCCCCCCCCCCCCCCCCCCCCCC(=O)O[C@H](COCCCCCCCCCCCCCCCC)COP(=O)(O)OC1C(O)C(O)C(O)[C@@H](O)C1O. The first-order valence-electron chi connectivity index (χ1n) is 33.4. The predicted molar refractivity (Wildman–Crippen MR) is 318 cm³/mol. The lowest BCUT2D eigenvalue weighted by Gasteiger charge is -2.41. The van der Waals surface area contributed by atoms with Crippen LogP contribution in [0, 0.1) is 0 Å². The normalized spacial score (nSPS) is 19.9. The van der Waals surface area contributed by atoms with Crippen molar-refractivity contribution < 1.29 is 58.3 Å². The summed E-state index contributed by atoms with van der Waals surface area (Å²) in [7, 11) is -5.02. The number of phosphoric ester groups is 1. The number of carbonyl (C=O) groups excluding carboxylic acids is 1. The van der Waals surface area contributed by atoms with Gasteiger partial charge >= 0.3 is 13.8 Å². The van der Waals surface area contributed by atoms with Crippen molar-refractivity contribution in [1.29, 1.82) is 0 Å². The van der Waals surface area contributed by atoms with Crippen molar-refractivity contribution in [2.75, 3.05) is 19.8 Å². The number of hydrogen-bond acceptors (Lipinski definition) is 11. The third kappa shape index (κ3) is 45.5. The van der Waals surface area contributed by atoms with Crippen LogP contribution in [0.2, 0.25) is 0 Å². The molecule has 6 N–H and O–H groups in total. The zero-order valence-electron chi connectivity index (χ0n) is 50.3. The van der Waals surface area contributed by atoms with Crippen LogP contribution in [0.1, 0.15) is 341 Å². The second-order valence-corrected chi connectivity index (χ2v) is 25.1. The van der Waals surface area contributed by atoms with Crippen molar-refractivity contribution in [2.24, 2.45) is 0 Å². The molecule has 0 bridgehead atoms. The van der Waals surface area contributed by atoms with E-state index in [2.05, 4.69) is 13.8 Å². The zero-order chi connectivity index (χ0) is 56.1. The molecular formula is C64H127O12P. The van der Waals surface area contributed by atoms with E-state index in [1.54, 1.807) is 0 Å². The Morgan fingerprint density at radius 1 is 0.364 bits per heavy atom. The molecule has 0 aromatic heterocycles. The molecule has 0 aromatic carbocycles. The summed E-state index contributed by atoms with van der Waals surface area (Å²) in [5.41, 5.74) is 0. The number of aliphatic hydroxyl groups is 5. The Kier molecular flexibility index (Phi) is 52.7. The molecule has 0 saturated heterocycles. The van der Waals surface area contributed by atoms with Gasteiger partial charge in [0.15, 0.2) is 0 Å². The molecule has 0 radical (unpaired) electrons. The van der Waals surface area contributed by atoms with Gasteiger partial charge in [-0.05, 0) is 12.8 Å². The lowest BCUT2D eigenvalue weighted by molar-refractivity contribution is -0.220. The minimum absolute atomic E-state index is 0.0673. The second-order valence-electron chi connectivity index (χ2n) is 23.7. The summed E-state index contributed by atoms with van der Waals surface area (Å²) < 4.78 is 34.4. The fourth-order valence-electron chi connectivity index (χ4n) is 11.0. The third-order valence-electron chi connectivity index (χ3n) is 16.2. The summed E-state index contributed by atoms with van der Waals surface area (Å²) in [6.45, 7) is 4.34. The fraction of sp³-hybridized carbons (Fsp3) is 0.984. The molecule has 12 nitrogen and oxygen atoms in total. The highest BCUT2D eigenvalue weighted by Crippen LogP contribution is 2.47. The van der Waals surface area contributed by atoms with E-state index in [4.69, 9.17) is 18.5 Å². The molecule has 0 aliphatic heterocycles. The second kappa shape index (κ2) is 54.6. The number of phosphoric acid groups is 1. The first-order valence-corrected chi connectivity index (χ1v) is 34.9. The molecule has 0 heterocycles. The van der Waals surface area contributed by atoms with Crippen LogP contribution in [-0.2, 0) is 27.9 Å². The Morgan fingerprint density at radius 3 is 0.896 bits per heavy atom. The van der Waals surface area contributed by atoms with E-state index in [-0.39, 0.29) is 13.0 Å². The lowest BCUT2D eigenvalue weighted by Crippen LogP contribution is -2.64. The quantitative estimate of drug-likeness (QED) is 0.0192. The van der Waals surface area contributed by atoms with E-state index < -0.39 is 63.1 Å². The molecule has 460 valence electrons. The molecule has 0 aromatic rings. The van der Waals surface area contributed by atoms with E-state index in [9.17, 15) is 39.8 Å². The molecule has 6 unspecified atom stereocenters. The average molecular weight is 1120 g/mol. The number of ether oxygens (including phenoxy) is 2. The van der Waals surface area contributed by atoms with Gasteiger partial charge in [-0.2, -0.15) is 0 Å². The standard InChI is InChI=1S/C64H127O12P/c1-3-5-7-9-11-13-15-17-19-20-21-22-23-24-25-26-27-28-29-30-31-32-33-34-35-36-37-38-39-40-41-43-45-47-49-51-53-58(65)75-57(55-73-54-52-50-48-46-44-42-18-16-14-12-10-8-6-4-2)56-74-77(71,72)76-64-62(69)60(67)59(66)61(68)63(64)70/h57,59-64,66-70H,3-56H2,1-2H3,(H,71,72)/t57-,59?,60-,61?,62?,63?,64?/m1/s1. The van der Waals surface area contributed by atoms with E-state index in [1.807, 2.05) is 0 Å². The minimum Gasteiger partial charge on any atom is -0.457 e. The summed E-state index contributed by atoms with van der Waals surface area (Å²) in [6, 6.07) is 0. The molecule has 1 aliphatic rings. The highest BCUT2D eigenvalue weighted by Gasteiger charge is 2.51. The lowest BCUT2D eigenvalue weighted by atomic mass is 9.85. The van der Waals surface area contributed by atoms with Crippen molar-refractivity contribution in [3.8, 4) is 0 Å². The van der Waals surface area contributed by atoms with Gasteiger partial charge in [0.2, 0.25) is 0 Å². The predicted octanol–water partition coefficient (Wildman–Crippen LogP) is 17.2. The minimum atomic E-state index is -5.02. The summed E-state index contributed by atoms with van der Waals surface area (Å²) in [5.74, 6) is -0.466. The van der Waals surface area contributed by atoms with Gasteiger partial charge < -0.3 is 39.9 Å². The Morgan fingerprint density at radius 2 is 0.610 bits per heavy atom. The van der Waals surface area contributed by atoms with E-state index >= 15 is 0 Å². The fourth-order valence-corrected chi connectivity index (χ4v) is 12.0. The van der Waals surface area contributed by atoms with Gasteiger partial charge in [-0.1, -0.05) is 322 Å². The molecule has 8 atom stereocenters. The average Bonchev–Trinajstić information content (AvgIpc) is 3.43. The highest BCUT2D eigenvalue weighted by atomic mass is 31.2. The van der Waals surface area contributed by atoms with E-state index in [0.29, 0.717) is 13.0 Å². The molecule has 0 spiro atoms. The Balaban J connectivity index is 2.09. The maximum atomic E-state index is 12.9.